The lowest BCUT2D eigenvalue weighted by Gasteiger charge is -2.38. The van der Waals surface area contributed by atoms with Crippen LogP contribution < -0.4 is 15.4 Å². The molecule has 1 saturated heterocycles. The topological polar surface area (TPSA) is 103 Å². The average molecular weight is 502 g/mol. The van der Waals surface area contributed by atoms with E-state index in [-0.39, 0.29) is 18.7 Å². The second-order valence-electron chi connectivity index (χ2n) is 8.80. The average Bonchev–Trinajstić information content (AvgIpc) is 3.12. The van der Waals surface area contributed by atoms with Crippen molar-refractivity contribution in [2.24, 2.45) is 0 Å². The van der Waals surface area contributed by atoms with Gasteiger partial charge in [0, 0.05) is 57.1 Å². The number of carbonyl (C=O) groups excluding carboxylic acids is 3. The lowest BCUT2D eigenvalue weighted by atomic mass is 9.93. The van der Waals surface area contributed by atoms with E-state index in [9.17, 15) is 14.4 Å². The number of nitrogens with zero attached hydrogens (tertiary/aromatic N) is 3. The molecule has 1 atom stereocenters. The summed E-state index contributed by atoms with van der Waals surface area (Å²) in [6.07, 6.45) is 1.69. The molecule has 1 fully saturated rings. The third-order valence-electron chi connectivity index (χ3n) is 6.48. The fraction of sp³-hybridized carbons (Fsp3) is 0.577. The van der Waals surface area contributed by atoms with Gasteiger partial charge in [0.05, 0.1) is 25.3 Å². The van der Waals surface area contributed by atoms with Crippen molar-refractivity contribution >= 4 is 18.0 Å². The first-order valence-electron chi connectivity index (χ1n) is 12.8. The van der Waals surface area contributed by atoms with E-state index in [4.69, 9.17) is 9.47 Å². The molecule has 0 aliphatic carbocycles. The number of carbonyl (C=O) groups is 3. The first-order chi connectivity index (χ1) is 17.4. The zero-order valence-corrected chi connectivity index (χ0v) is 21.8. The van der Waals surface area contributed by atoms with Crippen molar-refractivity contribution in [1.82, 2.24) is 25.3 Å². The van der Waals surface area contributed by atoms with Crippen LogP contribution in [0.25, 0.3) is 0 Å². The Labute approximate surface area is 213 Å². The van der Waals surface area contributed by atoms with Gasteiger partial charge in [-0.2, -0.15) is 0 Å². The molecule has 2 N–H and O–H groups in total. The van der Waals surface area contributed by atoms with Crippen LogP contribution in [0.2, 0.25) is 0 Å². The molecule has 4 amide bonds. The van der Waals surface area contributed by atoms with Crippen LogP contribution in [0.15, 0.2) is 35.5 Å². The maximum atomic E-state index is 13.3. The number of esters is 1. The van der Waals surface area contributed by atoms with E-state index in [0.717, 1.165) is 19.4 Å². The van der Waals surface area contributed by atoms with E-state index in [0.29, 0.717) is 61.9 Å². The molecule has 10 heteroatoms. The minimum Gasteiger partial charge on any atom is -0.496 e. The molecular formula is C26H39N5O5. The number of hydrogen-bond donors (Lipinski definition) is 2. The molecular weight excluding hydrogens is 462 g/mol. The van der Waals surface area contributed by atoms with E-state index in [1.165, 1.54) is 0 Å². The van der Waals surface area contributed by atoms with Crippen molar-refractivity contribution in [2.45, 2.75) is 39.7 Å². The highest BCUT2D eigenvalue weighted by Crippen LogP contribution is 2.36. The van der Waals surface area contributed by atoms with Crippen LogP contribution in [0.1, 0.15) is 45.2 Å². The Morgan fingerprint density at radius 1 is 1.11 bits per heavy atom. The van der Waals surface area contributed by atoms with Crippen molar-refractivity contribution in [3.8, 4) is 5.75 Å². The number of methoxy groups -OCH3 is 1. The van der Waals surface area contributed by atoms with Gasteiger partial charge in [-0.15, -0.1) is 0 Å². The van der Waals surface area contributed by atoms with Crippen molar-refractivity contribution < 1.29 is 23.9 Å². The Kier molecular flexibility index (Phi) is 9.98. The van der Waals surface area contributed by atoms with Gasteiger partial charge in [0.2, 0.25) is 0 Å². The highest BCUT2D eigenvalue weighted by Gasteiger charge is 2.39. The minimum atomic E-state index is -0.700. The van der Waals surface area contributed by atoms with E-state index in [1.54, 1.807) is 18.9 Å². The molecule has 1 aromatic rings. The van der Waals surface area contributed by atoms with Gasteiger partial charge in [-0.3, -0.25) is 9.80 Å². The quantitative estimate of drug-likeness (QED) is 0.505. The number of ether oxygens (including phenoxy) is 2. The molecule has 10 nitrogen and oxygen atoms in total. The van der Waals surface area contributed by atoms with Crippen molar-refractivity contribution in [3.05, 3.63) is 41.1 Å². The number of para-hydroxylation sites is 1. The molecule has 36 heavy (non-hydrogen) atoms. The van der Waals surface area contributed by atoms with Gasteiger partial charge < -0.3 is 25.0 Å². The van der Waals surface area contributed by atoms with Crippen LogP contribution in [0.3, 0.4) is 0 Å². The standard InChI is InChI=1S/C26H39N5O5/c1-5-13-27-25(33)30-15-10-14-29(16-17-30)18-20-22(24(32)36-7-3)23(28-26(34)31(20)6-2)19-11-8-9-12-21(19)35-4/h8-9,11-12,23H,5-7,10,13-18H2,1-4H3,(H,27,33)(H,28,34)/t23-/m1/s1. The van der Waals surface area contributed by atoms with Crippen LogP contribution in [-0.2, 0) is 9.53 Å². The maximum absolute atomic E-state index is 13.3. The summed E-state index contributed by atoms with van der Waals surface area (Å²) in [6.45, 7) is 9.97. The molecule has 0 saturated carbocycles. The summed E-state index contributed by atoms with van der Waals surface area (Å²) in [4.78, 5) is 44.6. The van der Waals surface area contributed by atoms with Crippen LogP contribution in [0, 0.1) is 0 Å². The van der Waals surface area contributed by atoms with Crippen LogP contribution >= 0.6 is 0 Å². The Balaban J connectivity index is 1.95. The van der Waals surface area contributed by atoms with Gasteiger partial charge in [0.1, 0.15) is 5.75 Å². The lowest BCUT2D eigenvalue weighted by molar-refractivity contribution is -0.139. The summed E-state index contributed by atoms with van der Waals surface area (Å²) < 4.78 is 11.0. The SMILES string of the molecule is CCCNC(=O)N1CCCN(CC2=C(C(=O)OCC)[C@@H](c3ccccc3OC)NC(=O)N2CC)CC1. The van der Waals surface area contributed by atoms with Gasteiger partial charge in [-0.25, -0.2) is 14.4 Å². The Hall–Kier alpha value is -3.27. The zero-order valence-electron chi connectivity index (χ0n) is 21.8. The predicted octanol–water partition coefficient (Wildman–Crippen LogP) is 2.73. The molecule has 2 aliphatic rings. The number of hydrogen-bond acceptors (Lipinski definition) is 6. The van der Waals surface area contributed by atoms with Crippen molar-refractivity contribution in [1.29, 1.82) is 0 Å². The van der Waals surface area contributed by atoms with Crippen molar-refractivity contribution in [2.75, 3.05) is 59.5 Å². The lowest BCUT2D eigenvalue weighted by Crippen LogP contribution is -2.51. The molecule has 0 bridgehead atoms. The number of rotatable bonds is 9. The third-order valence-corrected chi connectivity index (χ3v) is 6.48. The molecule has 3 rings (SSSR count). The fourth-order valence-electron chi connectivity index (χ4n) is 4.68. The summed E-state index contributed by atoms with van der Waals surface area (Å²) in [6, 6.07) is 6.34. The highest BCUT2D eigenvalue weighted by molar-refractivity contribution is 5.95. The van der Waals surface area contributed by atoms with Crippen molar-refractivity contribution in [3.63, 3.8) is 0 Å². The number of urea groups is 2. The number of likely N-dealkylation sites (N-methyl/N-ethyl adjacent to an activating group) is 1. The Morgan fingerprint density at radius 3 is 2.58 bits per heavy atom. The highest BCUT2D eigenvalue weighted by atomic mass is 16.5. The second kappa shape index (κ2) is 13.2. The molecule has 2 aliphatic heterocycles. The first-order valence-corrected chi connectivity index (χ1v) is 12.8. The summed E-state index contributed by atoms with van der Waals surface area (Å²) in [5.41, 5.74) is 1.73. The molecule has 0 spiro atoms. The van der Waals surface area contributed by atoms with Gasteiger partial charge >= 0.3 is 18.0 Å². The molecule has 1 aromatic carbocycles. The molecule has 198 valence electrons. The van der Waals surface area contributed by atoms with E-state index in [1.807, 2.05) is 43.0 Å². The maximum Gasteiger partial charge on any atom is 0.338 e. The van der Waals surface area contributed by atoms with E-state index >= 15 is 0 Å². The van der Waals surface area contributed by atoms with Gasteiger partial charge in [0.25, 0.3) is 0 Å². The van der Waals surface area contributed by atoms with Gasteiger partial charge in [-0.05, 0) is 32.8 Å². The largest absolute Gasteiger partial charge is 0.496 e. The predicted molar refractivity (Wildman–Crippen MR) is 137 cm³/mol. The second-order valence-corrected chi connectivity index (χ2v) is 8.80. The van der Waals surface area contributed by atoms with Gasteiger partial charge in [-0.1, -0.05) is 25.1 Å². The van der Waals surface area contributed by atoms with E-state index in [2.05, 4.69) is 15.5 Å². The summed E-state index contributed by atoms with van der Waals surface area (Å²) in [7, 11) is 1.57. The van der Waals surface area contributed by atoms with Crippen LogP contribution in [0.5, 0.6) is 5.75 Å². The van der Waals surface area contributed by atoms with Crippen LogP contribution in [0.4, 0.5) is 9.59 Å². The molecule has 0 radical (unpaired) electrons. The Bertz CT molecular complexity index is 966. The normalized spacial score (nSPS) is 19.0. The summed E-state index contributed by atoms with van der Waals surface area (Å²) in [5.74, 6) is 0.120. The van der Waals surface area contributed by atoms with E-state index < -0.39 is 12.0 Å². The molecule has 2 heterocycles. The first kappa shape index (κ1) is 27.3. The van der Waals surface area contributed by atoms with Gasteiger partial charge in [0.15, 0.2) is 0 Å². The monoisotopic (exact) mass is 501 g/mol. The summed E-state index contributed by atoms with van der Waals surface area (Å²) in [5, 5.41) is 5.93. The molecule has 0 unspecified atom stereocenters. The fourth-order valence-corrected chi connectivity index (χ4v) is 4.68. The number of nitrogens with one attached hydrogen (secondary N) is 2. The number of benzene rings is 1. The zero-order chi connectivity index (χ0) is 26.1. The smallest absolute Gasteiger partial charge is 0.338 e. The van der Waals surface area contributed by atoms with Crippen LogP contribution in [-0.4, -0.2) is 92.3 Å². The third kappa shape index (κ3) is 6.29. The number of amides is 4. The summed E-state index contributed by atoms with van der Waals surface area (Å²) >= 11 is 0. The minimum absolute atomic E-state index is 0.0476. The Morgan fingerprint density at radius 2 is 1.89 bits per heavy atom. The molecule has 0 aromatic heterocycles.